The summed E-state index contributed by atoms with van der Waals surface area (Å²) in [7, 11) is 0. The van der Waals surface area contributed by atoms with Crippen LogP contribution in [-0.2, 0) is 13.0 Å². The Labute approximate surface area is 72.4 Å². The van der Waals surface area contributed by atoms with Gasteiger partial charge in [-0.2, -0.15) is 0 Å². The first kappa shape index (κ1) is 9.10. The van der Waals surface area contributed by atoms with Gasteiger partial charge in [0.05, 0.1) is 0 Å². The van der Waals surface area contributed by atoms with Crippen LogP contribution in [0.25, 0.3) is 0 Å². The van der Waals surface area contributed by atoms with Crippen molar-refractivity contribution in [3.05, 3.63) is 22.4 Å². The van der Waals surface area contributed by atoms with Crippen LogP contribution >= 0.6 is 0 Å². The van der Waals surface area contributed by atoms with E-state index >= 15 is 0 Å². The Hall–Kier alpha value is -0.990. The number of nitrogens with one attached hydrogen (secondary N) is 1. The quantitative estimate of drug-likeness (QED) is 0.727. The van der Waals surface area contributed by atoms with E-state index < -0.39 is 0 Å². The zero-order valence-electron chi connectivity index (χ0n) is 7.76. The van der Waals surface area contributed by atoms with Crippen LogP contribution in [0.3, 0.4) is 0 Å². The lowest BCUT2D eigenvalue weighted by molar-refractivity contribution is 0.656. The van der Waals surface area contributed by atoms with Gasteiger partial charge in [0.15, 0.2) is 0 Å². The van der Waals surface area contributed by atoms with Crippen LogP contribution in [0.1, 0.15) is 32.4 Å². The molecule has 0 spiro atoms. The maximum atomic E-state index is 11.2. The third-order valence-electron chi connectivity index (χ3n) is 1.82. The Balaban J connectivity index is 2.78. The summed E-state index contributed by atoms with van der Waals surface area (Å²) in [5.41, 5.74) is 1.08. The fourth-order valence-corrected chi connectivity index (χ4v) is 1.29. The minimum Gasteiger partial charge on any atom is -0.310 e. The molecule has 3 nitrogen and oxygen atoms in total. The van der Waals surface area contributed by atoms with Crippen molar-refractivity contribution in [1.29, 1.82) is 0 Å². The van der Waals surface area contributed by atoms with Gasteiger partial charge >= 0.3 is 5.69 Å². The summed E-state index contributed by atoms with van der Waals surface area (Å²) in [6.45, 7) is 4.99. The van der Waals surface area contributed by atoms with Crippen LogP contribution < -0.4 is 5.69 Å². The van der Waals surface area contributed by atoms with E-state index in [9.17, 15) is 4.79 Å². The number of aromatic amines is 1. The standard InChI is InChI=1S/C9H16N2O/c1-3-5-8-7-11(6-4-2)9(12)10-8/h7H,3-6H2,1-2H3,(H,10,12). The lowest BCUT2D eigenvalue weighted by Crippen LogP contribution is -2.15. The highest BCUT2D eigenvalue weighted by molar-refractivity contribution is 4.96. The number of imidazole rings is 1. The monoisotopic (exact) mass is 168 g/mol. The summed E-state index contributed by atoms with van der Waals surface area (Å²) in [4.78, 5) is 14.0. The zero-order valence-corrected chi connectivity index (χ0v) is 7.76. The van der Waals surface area contributed by atoms with Crippen LogP contribution in [-0.4, -0.2) is 9.55 Å². The van der Waals surface area contributed by atoms with Gasteiger partial charge in [0, 0.05) is 18.4 Å². The molecule has 0 radical (unpaired) electrons. The largest absolute Gasteiger partial charge is 0.325 e. The molecule has 1 aromatic rings. The number of hydrogen-bond donors (Lipinski definition) is 1. The Morgan fingerprint density at radius 1 is 1.42 bits per heavy atom. The van der Waals surface area contributed by atoms with Gasteiger partial charge in [0.2, 0.25) is 0 Å². The van der Waals surface area contributed by atoms with E-state index in [1.165, 1.54) is 0 Å². The lowest BCUT2D eigenvalue weighted by atomic mass is 10.3. The van der Waals surface area contributed by atoms with E-state index in [1.807, 2.05) is 6.20 Å². The van der Waals surface area contributed by atoms with Crippen LogP contribution in [0.2, 0.25) is 0 Å². The SMILES string of the molecule is CCCc1cn(CCC)c(=O)[nH]1. The molecule has 1 aromatic heterocycles. The fourth-order valence-electron chi connectivity index (χ4n) is 1.29. The molecule has 0 aliphatic carbocycles. The van der Waals surface area contributed by atoms with Crippen molar-refractivity contribution in [1.82, 2.24) is 9.55 Å². The van der Waals surface area contributed by atoms with Crippen molar-refractivity contribution in [3.63, 3.8) is 0 Å². The van der Waals surface area contributed by atoms with Gasteiger partial charge in [-0.3, -0.25) is 4.57 Å². The van der Waals surface area contributed by atoms with Crippen LogP contribution in [0, 0.1) is 0 Å². The fraction of sp³-hybridized carbons (Fsp3) is 0.667. The second-order valence-electron chi connectivity index (χ2n) is 3.03. The molecule has 0 aliphatic heterocycles. The second kappa shape index (κ2) is 4.14. The highest BCUT2D eigenvalue weighted by atomic mass is 16.1. The summed E-state index contributed by atoms with van der Waals surface area (Å²) in [6, 6.07) is 0. The molecule has 68 valence electrons. The maximum Gasteiger partial charge on any atom is 0.325 e. The van der Waals surface area contributed by atoms with Crippen molar-refractivity contribution >= 4 is 0 Å². The molecule has 0 bridgehead atoms. The average molecular weight is 168 g/mol. The first-order valence-electron chi connectivity index (χ1n) is 4.56. The second-order valence-corrected chi connectivity index (χ2v) is 3.03. The predicted molar refractivity (Wildman–Crippen MR) is 49.3 cm³/mol. The van der Waals surface area contributed by atoms with Gasteiger partial charge < -0.3 is 4.98 Å². The van der Waals surface area contributed by atoms with Gasteiger partial charge in [0.1, 0.15) is 0 Å². The molecule has 0 aliphatic rings. The van der Waals surface area contributed by atoms with Gasteiger partial charge in [-0.1, -0.05) is 20.3 Å². The van der Waals surface area contributed by atoms with Gasteiger partial charge in [-0.25, -0.2) is 4.79 Å². The Kier molecular flexibility index (Phi) is 3.14. The first-order valence-corrected chi connectivity index (χ1v) is 4.56. The van der Waals surface area contributed by atoms with Crippen molar-refractivity contribution in [2.75, 3.05) is 0 Å². The highest BCUT2D eigenvalue weighted by Gasteiger charge is 1.99. The molecule has 0 fully saturated rings. The summed E-state index contributed by atoms with van der Waals surface area (Å²) in [5.74, 6) is 0. The summed E-state index contributed by atoms with van der Waals surface area (Å²) < 4.78 is 1.74. The Morgan fingerprint density at radius 3 is 2.75 bits per heavy atom. The van der Waals surface area contributed by atoms with E-state index in [0.29, 0.717) is 0 Å². The van der Waals surface area contributed by atoms with E-state index in [1.54, 1.807) is 4.57 Å². The molecule has 1 rings (SSSR count). The summed E-state index contributed by atoms with van der Waals surface area (Å²) in [5, 5.41) is 0. The zero-order chi connectivity index (χ0) is 8.97. The Morgan fingerprint density at radius 2 is 2.17 bits per heavy atom. The minimum atomic E-state index is 0.0281. The molecular weight excluding hydrogens is 152 g/mol. The third kappa shape index (κ3) is 2.00. The number of rotatable bonds is 4. The Bertz CT molecular complexity index is 285. The van der Waals surface area contributed by atoms with Gasteiger partial charge in [-0.05, 0) is 12.8 Å². The van der Waals surface area contributed by atoms with Crippen LogP contribution in [0.5, 0.6) is 0 Å². The molecule has 0 saturated carbocycles. The summed E-state index contributed by atoms with van der Waals surface area (Å²) in [6.07, 6.45) is 4.97. The predicted octanol–water partition coefficient (Wildman–Crippen LogP) is 1.54. The average Bonchev–Trinajstić information content (AvgIpc) is 2.34. The molecule has 3 heteroatoms. The first-order chi connectivity index (χ1) is 5.77. The molecule has 0 unspecified atom stereocenters. The van der Waals surface area contributed by atoms with Gasteiger partial charge in [-0.15, -0.1) is 0 Å². The van der Waals surface area contributed by atoms with E-state index in [2.05, 4.69) is 18.8 Å². The molecule has 0 amide bonds. The number of aryl methyl sites for hydroxylation is 2. The molecule has 12 heavy (non-hydrogen) atoms. The van der Waals surface area contributed by atoms with Crippen molar-refractivity contribution in [2.45, 2.75) is 39.7 Å². The van der Waals surface area contributed by atoms with E-state index in [4.69, 9.17) is 0 Å². The number of H-pyrrole nitrogens is 1. The maximum absolute atomic E-state index is 11.2. The normalized spacial score (nSPS) is 10.5. The molecular formula is C9H16N2O. The highest BCUT2D eigenvalue weighted by Crippen LogP contribution is 1.96. The summed E-state index contributed by atoms with van der Waals surface area (Å²) >= 11 is 0. The van der Waals surface area contributed by atoms with Crippen LogP contribution in [0.15, 0.2) is 11.0 Å². The minimum absolute atomic E-state index is 0.0281. The third-order valence-corrected chi connectivity index (χ3v) is 1.82. The molecule has 1 heterocycles. The number of aromatic nitrogens is 2. The molecule has 0 saturated heterocycles. The van der Waals surface area contributed by atoms with E-state index in [0.717, 1.165) is 31.5 Å². The van der Waals surface area contributed by atoms with Crippen molar-refractivity contribution in [3.8, 4) is 0 Å². The molecule has 0 aromatic carbocycles. The number of nitrogens with zero attached hydrogens (tertiary/aromatic N) is 1. The van der Waals surface area contributed by atoms with Gasteiger partial charge in [0.25, 0.3) is 0 Å². The number of hydrogen-bond acceptors (Lipinski definition) is 1. The van der Waals surface area contributed by atoms with E-state index in [-0.39, 0.29) is 5.69 Å². The smallest absolute Gasteiger partial charge is 0.310 e. The molecule has 1 N–H and O–H groups in total. The van der Waals surface area contributed by atoms with Crippen molar-refractivity contribution < 1.29 is 0 Å². The van der Waals surface area contributed by atoms with Crippen molar-refractivity contribution in [2.24, 2.45) is 0 Å². The topological polar surface area (TPSA) is 37.8 Å². The van der Waals surface area contributed by atoms with Crippen LogP contribution in [0.4, 0.5) is 0 Å². The lowest BCUT2D eigenvalue weighted by Gasteiger charge is -1.94. The molecule has 0 atom stereocenters.